The van der Waals surface area contributed by atoms with Crippen molar-refractivity contribution in [2.24, 2.45) is 0 Å². The van der Waals surface area contributed by atoms with Crippen molar-refractivity contribution in [2.75, 3.05) is 17.2 Å². The standard InChI is InChI=1S/C16H15N3S/c17-15-13(5-6-14-16(15)18-10-20-14)19-8-7-11-3-1-2-4-12(11)9-19/h1-6,10H,7-9,17H2. The highest BCUT2D eigenvalue weighted by atomic mass is 32.1. The number of hydrogen-bond acceptors (Lipinski definition) is 4. The van der Waals surface area contributed by atoms with Gasteiger partial charge in [-0.1, -0.05) is 24.3 Å². The molecule has 0 amide bonds. The van der Waals surface area contributed by atoms with Crippen LogP contribution in [0.1, 0.15) is 11.1 Å². The van der Waals surface area contributed by atoms with Gasteiger partial charge in [0.05, 0.1) is 21.6 Å². The predicted molar refractivity (Wildman–Crippen MR) is 85.2 cm³/mol. The lowest BCUT2D eigenvalue weighted by molar-refractivity contribution is 0.733. The molecule has 4 rings (SSSR count). The molecule has 100 valence electrons. The smallest absolute Gasteiger partial charge is 0.106 e. The van der Waals surface area contributed by atoms with Crippen molar-refractivity contribution in [3.8, 4) is 0 Å². The van der Waals surface area contributed by atoms with Crippen molar-refractivity contribution < 1.29 is 0 Å². The van der Waals surface area contributed by atoms with Crippen molar-refractivity contribution in [3.05, 3.63) is 53.0 Å². The summed E-state index contributed by atoms with van der Waals surface area (Å²) >= 11 is 1.64. The van der Waals surface area contributed by atoms with Crippen LogP contribution < -0.4 is 10.6 Å². The summed E-state index contributed by atoms with van der Waals surface area (Å²) in [6.07, 6.45) is 1.07. The molecule has 1 aromatic heterocycles. The number of rotatable bonds is 1. The van der Waals surface area contributed by atoms with E-state index in [1.165, 1.54) is 11.1 Å². The van der Waals surface area contributed by atoms with Crippen LogP contribution >= 0.6 is 11.3 Å². The van der Waals surface area contributed by atoms with Gasteiger partial charge in [0, 0.05) is 13.1 Å². The van der Waals surface area contributed by atoms with E-state index in [4.69, 9.17) is 5.73 Å². The molecule has 0 fully saturated rings. The van der Waals surface area contributed by atoms with Gasteiger partial charge in [0.2, 0.25) is 0 Å². The number of anilines is 2. The maximum Gasteiger partial charge on any atom is 0.106 e. The Morgan fingerprint density at radius 2 is 1.95 bits per heavy atom. The van der Waals surface area contributed by atoms with Gasteiger partial charge < -0.3 is 10.6 Å². The van der Waals surface area contributed by atoms with Crippen LogP contribution in [0.2, 0.25) is 0 Å². The zero-order chi connectivity index (χ0) is 13.5. The summed E-state index contributed by atoms with van der Waals surface area (Å²) in [5, 5.41) is 0. The van der Waals surface area contributed by atoms with Crippen molar-refractivity contribution in [2.45, 2.75) is 13.0 Å². The number of nitrogens with two attached hydrogens (primary N) is 1. The number of benzene rings is 2. The topological polar surface area (TPSA) is 42.1 Å². The van der Waals surface area contributed by atoms with Crippen LogP contribution in [0.5, 0.6) is 0 Å². The van der Waals surface area contributed by atoms with Gasteiger partial charge in [-0.3, -0.25) is 0 Å². The first-order chi connectivity index (χ1) is 9.83. The molecule has 1 aliphatic heterocycles. The molecule has 0 saturated heterocycles. The van der Waals surface area contributed by atoms with E-state index < -0.39 is 0 Å². The van der Waals surface area contributed by atoms with Gasteiger partial charge in [0.15, 0.2) is 0 Å². The molecule has 20 heavy (non-hydrogen) atoms. The molecule has 0 saturated carbocycles. The van der Waals surface area contributed by atoms with E-state index >= 15 is 0 Å². The van der Waals surface area contributed by atoms with Crippen LogP contribution in [-0.2, 0) is 13.0 Å². The average Bonchev–Trinajstić information content (AvgIpc) is 2.97. The molecule has 0 spiro atoms. The lowest BCUT2D eigenvalue weighted by Gasteiger charge is -2.31. The monoisotopic (exact) mass is 281 g/mol. The minimum atomic E-state index is 0.808. The van der Waals surface area contributed by atoms with E-state index in [-0.39, 0.29) is 0 Å². The molecule has 3 aromatic rings. The van der Waals surface area contributed by atoms with Crippen LogP contribution in [0.15, 0.2) is 41.9 Å². The number of nitrogen functional groups attached to an aromatic ring is 1. The minimum absolute atomic E-state index is 0.808. The number of fused-ring (bicyclic) bond motifs is 2. The maximum atomic E-state index is 6.32. The zero-order valence-corrected chi connectivity index (χ0v) is 11.9. The fraction of sp³-hybridized carbons (Fsp3) is 0.188. The normalized spacial score (nSPS) is 14.5. The summed E-state index contributed by atoms with van der Waals surface area (Å²) in [5.41, 5.74) is 13.9. The number of hydrogen-bond donors (Lipinski definition) is 1. The maximum absolute atomic E-state index is 6.32. The highest BCUT2D eigenvalue weighted by Crippen LogP contribution is 2.34. The Morgan fingerprint density at radius 3 is 2.85 bits per heavy atom. The fourth-order valence-electron chi connectivity index (χ4n) is 2.92. The summed E-state index contributed by atoms with van der Waals surface area (Å²) in [7, 11) is 0. The van der Waals surface area contributed by atoms with Crippen molar-refractivity contribution in [1.82, 2.24) is 4.98 Å². The second-order valence-corrected chi connectivity index (χ2v) is 6.02. The predicted octanol–water partition coefficient (Wildman–Crippen LogP) is 3.44. The first-order valence-electron chi connectivity index (χ1n) is 6.76. The molecular weight excluding hydrogens is 266 g/mol. The third-order valence-electron chi connectivity index (χ3n) is 3.99. The van der Waals surface area contributed by atoms with E-state index in [0.717, 1.165) is 41.1 Å². The molecule has 2 N–H and O–H groups in total. The van der Waals surface area contributed by atoms with Gasteiger partial charge in [0.25, 0.3) is 0 Å². The molecule has 2 heterocycles. The molecule has 1 aliphatic rings. The molecule has 0 radical (unpaired) electrons. The quantitative estimate of drug-likeness (QED) is 0.695. The first kappa shape index (κ1) is 11.7. The lowest BCUT2D eigenvalue weighted by atomic mass is 9.99. The summed E-state index contributed by atoms with van der Waals surface area (Å²) < 4.78 is 1.16. The molecule has 2 aromatic carbocycles. The van der Waals surface area contributed by atoms with Gasteiger partial charge in [-0.2, -0.15) is 0 Å². The number of thiazole rings is 1. The van der Waals surface area contributed by atoms with Gasteiger partial charge >= 0.3 is 0 Å². The fourth-order valence-corrected chi connectivity index (χ4v) is 3.61. The highest BCUT2D eigenvalue weighted by Gasteiger charge is 2.19. The summed E-state index contributed by atoms with van der Waals surface area (Å²) in [5.74, 6) is 0. The van der Waals surface area contributed by atoms with E-state index in [9.17, 15) is 0 Å². The summed E-state index contributed by atoms with van der Waals surface area (Å²) in [6, 6.07) is 12.9. The van der Waals surface area contributed by atoms with Crippen molar-refractivity contribution >= 4 is 32.9 Å². The Bertz CT molecular complexity index is 778. The highest BCUT2D eigenvalue weighted by molar-refractivity contribution is 7.16. The minimum Gasteiger partial charge on any atom is -0.395 e. The van der Waals surface area contributed by atoms with Gasteiger partial charge in [-0.25, -0.2) is 4.98 Å². The third kappa shape index (κ3) is 1.76. The summed E-state index contributed by atoms with van der Waals surface area (Å²) in [4.78, 5) is 6.74. The molecule has 0 aliphatic carbocycles. The van der Waals surface area contributed by atoms with Crippen LogP contribution in [-0.4, -0.2) is 11.5 Å². The zero-order valence-electron chi connectivity index (χ0n) is 11.0. The van der Waals surface area contributed by atoms with Crippen molar-refractivity contribution in [1.29, 1.82) is 0 Å². The Hall–Kier alpha value is -2.07. The second-order valence-electron chi connectivity index (χ2n) is 5.14. The van der Waals surface area contributed by atoms with E-state index in [1.807, 2.05) is 5.51 Å². The first-order valence-corrected chi connectivity index (χ1v) is 7.64. The van der Waals surface area contributed by atoms with Gasteiger partial charge in [-0.05, 0) is 29.7 Å². The Morgan fingerprint density at radius 1 is 1.10 bits per heavy atom. The van der Waals surface area contributed by atoms with E-state index in [2.05, 4.69) is 46.3 Å². The van der Waals surface area contributed by atoms with Crippen LogP contribution in [0.4, 0.5) is 11.4 Å². The molecule has 3 nitrogen and oxygen atoms in total. The van der Waals surface area contributed by atoms with Crippen LogP contribution in [0.25, 0.3) is 10.2 Å². The number of aromatic nitrogens is 1. The Labute approximate surface area is 121 Å². The van der Waals surface area contributed by atoms with Crippen LogP contribution in [0.3, 0.4) is 0 Å². The second kappa shape index (κ2) is 4.49. The van der Waals surface area contributed by atoms with Crippen LogP contribution in [0, 0.1) is 0 Å². The summed E-state index contributed by atoms with van der Waals surface area (Å²) in [6.45, 7) is 1.94. The Kier molecular flexibility index (Phi) is 2.63. The van der Waals surface area contributed by atoms with E-state index in [1.54, 1.807) is 11.3 Å². The van der Waals surface area contributed by atoms with E-state index in [0.29, 0.717) is 0 Å². The average molecular weight is 281 g/mol. The lowest BCUT2D eigenvalue weighted by Crippen LogP contribution is -2.30. The van der Waals surface area contributed by atoms with Gasteiger partial charge in [0.1, 0.15) is 5.52 Å². The molecule has 0 atom stereocenters. The molecule has 4 heteroatoms. The largest absolute Gasteiger partial charge is 0.395 e. The Balaban J connectivity index is 1.75. The molecule has 0 unspecified atom stereocenters. The SMILES string of the molecule is Nc1c(N2CCc3ccccc3C2)ccc2scnc12. The van der Waals surface area contributed by atoms with Gasteiger partial charge in [-0.15, -0.1) is 11.3 Å². The third-order valence-corrected chi connectivity index (χ3v) is 4.78. The molecule has 0 bridgehead atoms. The van der Waals surface area contributed by atoms with Crippen molar-refractivity contribution in [3.63, 3.8) is 0 Å². The molecular formula is C16H15N3S. The number of nitrogens with zero attached hydrogens (tertiary/aromatic N) is 2.